The van der Waals surface area contributed by atoms with Crippen LogP contribution in [0.1, 0.15) is 38.3 Å². The van der Waals surface area contributed by atoms with E-state index in [1.54, 1.807) is 0 Å². The van der Waals surface area contributed by atoms with E-state index in [9.17, 15) is 0 Å². The molecule has 0 aliphatic carbocycles. The number of hydrogen-bond acceptors (Lipinski definition) is 2. The Bertz CT molecular complexity index is 247. The molecule has 0 aliphatic rings. The molecule has 0 saturated heterocycles. The van der Waals surface area contributed by atoms with E-state index in [2.05, 4.69) is 53.2 Å². The monoisotopic (exact) mass is 309 g/mol. The summed E-state index contributed by atoms with van der Waals surface area (Å²) < 4.78 is 1.38. The van der Waals surface area contributed by atoms with E-state index in [1.807, 2.05) is 11.3 Å². The SMILES string of the molecule is CCCNC(CC)c1csc(I)c1. The van der Waals surface area contributed by atoms with Gasteiger partial charge < -0.3 is 5.32 Å². The van der Waals surface area contributed by atoms with E-state index in [0.717, 1.165) is 6.54 Å². The predicted molar refractivity (Wildman–Crippen MR) is 68.4 cm³/mol. The average molecular weight is 309 g/mol. The van der Waals surface area contributed by atoms with Gasteiger partial charge in [-0.05, 0) is 59.0 Å². The van der Waals surface area contributed by atoms with Crippen molar-refractivity contribution in [2.45, 2.75) is 32.7 Å². The van der Waals surface area contributed by atoms with Crippen molar-refractivity contribution < 1.29 is 0 Å². The smallest absolute Gasteiger partial charge is 0.0656 e. The van der Waals surface area contributed by atoms with Crippen molar-refractivity contribution in [2.24, 2.45) is 0 Å². The van der Waals surface area contributed by atoms with Crippen LogP contribution in [0.5, 0.6) is 0 Å². The fraction of sp³-hybridized carbons (Fsp3) is 0.600. The fourth-order valence-corrected chi connectivity index (χ4v) is 2.75. The van der Waals surface area contributed by atoms with Crippen LogP contribution in [0.4, 0.5) is 0 Å². The van der Waals surface area contributed by atoms with E-state index >= 15 is 0 Å². The first-order chi connectivity index (χ1) is 6.27. The molecule has 0 radical (unpaired) electrons. The molecule has 0 spiro atoms. The maximum atomic E-state index is 3.55. The maximum absolute atomic E-state index is 3.55. The standard InChI is InChI=1S/C10H16INS/c1-3-5-12-9(4-2)8-6-10(11)13-7-8/h6-7,9,12H,3-5H2,1-2H3. The van der Waals surface area contributed by atoms with Crippen LogP contribution in [0.3, 0.4) is 0 Å². The lowest BCUT2D eigenvalue weighted by Gasteiger charge is -2.14. The first-order valence-corrected chi connectivity index (χ1v) is 6.71. The predicted octanol–water partition coefficient (Wildman–Crippen LogP) is 3.80. The Labute approximate surface area is 98.1 Å². The third-order valence-corrected chi connectivity index (χ3v) is 3.85. The molecule has 1 unspecified atom stereocenters. The molecular formula is C10H16INS. The van der Waals surface area contributed by atoms with Gasteiger partial charge in [0.2, 0.25) is 0 Å². The van der Waals surface area contributed by atoms with Gasteiger partial charge >= 0.3 is 0 Å². The molecule has 0 aliphatic heterocycles. The van der Waals surface area contributed by atoms with Crippen molar-refractivity contribution in [1.82, 2.24) is 5.32 Å². The molecule has 1 atom stereocenters. The second-order valence-electron chi connectivity index (χ2n) is 3.10. The average Bonchev–Trinajstić information content (AvgIpc) is 2.54. The second kappa shape index (κ2) is 5.98. The summed E-state index contributed by atoms with van der Waals surface area (Å²) in [6, 6.07) is 2.84. The Hall–Kier alpha value is 0.390. The molecule has 1 nitrogen and oxygen atoms in total. The van der Waals surface area contributed by atoms with Crippen molar-refractivity contribution in [3.8, 4) is 0 Å². The van der Waals surface area contributed by atoms with Crippen LogP contribution in [0.15, 0.2) is 11.4 Å². The minimum Gasteiger partial charge on any atom is -0.310 e. The molecule has 0 saturated carbocycles. The molecule has 0 fully saturated rings. The summed E-state index contributed by atoms with van der Waals surface area (Å²) in [5.41, 5.74) is 1.45. The van der Waals surface area contributed by atoms with Crippen LogP contribution in [-0.4, -0.2) is 6.54 Å². The Morgan fingerprint density at radius 1 is 1.54 bits per heavy atom. The largest absolute Gasteiger partial charge is 0.310 e. The van der Waals surface area contributed by atoms with Gasteiger partial charge in [0.15, 0.2) is 0 Å². The van der Waals surface area contributed by atoms with Crippen LogP contribution in [-0.2, 0) is 0 Å². The zero-order valence-corrected chi connectivity index (χ0v) is 11.1. The maximum Gasteiger partial charge on any atom is 0.0656 e. The molecule has 3 heteroatoms. The molecular weight excluding hydrogens is 293 g/mol. The van der Waals surface area contributed by atoms with Gasteiger partial charge in [-0.1, -0.05) is 13.8 Å². The van der Waals surface area contributed by atoms with Crippen LogP contribution in [0.25, 0.3) is 0 Å². The van der Waals surface area contributed by atoms with Gasteiger partial charge in [-0.3, -0.25) is 0 Å². The van der Waals surface area contributed by atoms with E-state index < -0.39 is 0 Å². The van der Waals surface area contributed by atoms with Crippen LogP contribution in [0.2, 0.25) is 0 Å². The second-order valence-corrected chi connectivity index (χ2v) is 5.90. The van der Waals surface area contributed by atoms with Gasteiger partial charge in [0.25, 0.3) is 0 Å². The molecule has 0 bridgehead atoms. The van der Waals surface area contributed by atoms with Crippen molar-refractivity contribution in [1.29, 1.82) is 0 Å². The highest BCUT2D eigenvalue weighted by molar-refractivity contribution is 14.1. The van der Waals surface area contributed by atoms with Gasteiger partial charge in [-0.15, -0.1) is 11.3 Å². The first-order valence-electron chi connectivity index (χ1n) is 4.75. The number of nitrogens with one attached hydrogen (secondary N) is 1. The first kappa shape index (κ1) is 11.5. The zero-order valence-electron chi connectivity index (χ0n) is 8.14. The normalized spacial score (nSPS) is 13.2. The molecule has 1 heterocycles. The van der Waals surface area contributed by atoms with Crippen LogP contribution in [0, 0.1) is 2.88 Å². The van der Waals surface area contributed by atoms with Crippen LogP contribution < -0.4 is 5.32 Å². The zero-order chi connectivity index (χ0) is 9.68. The van der Waals surface area contributed by atoms with E-state index in [0.29, 0.717) is 6.04 Å². The minimum atomic E-state index is 0.555. The molecule has 74 valence electrons. The summed E-state index contributed by atoms with van der Waals surface area (Å²) in [5, 5.41) is 5.81. The third-order valence-electron chi connectivity index (χ3n) is 2.04. The Kier molecular flexibility index (Phi) is 5.28. The summed E-state index contributed by atoms with van der Waals surface area (Å²) >= 11 is 4.21. The summed E-state index contributed by atoms with van der Waals surface area (Å²) in [7, 11) is 0. The quantitative estimate of drug-likeness (QED) is 0.816. The molecule has 1 N–H and O–H groups in total. The molecule has 0 amide bonds. The Morgan fingerprint density at radius 3 is 2.77 bits per heavy atom. The van der Waals surface area contributed by atoms with Crippen molar-refractivity contribution in [2.75, 3.05) is 6.54 Å². The fourth-order valence-electron chi connectivity index (χ4n) is 1.32. The highest BCUT2D eigenvalue weighted by Gasteiger charge is 2.09. The van der Waals surface area contributed by atoms with Crippen LogP contribution >= 0.6 is 33.9 Å². The van der Waals surface area contributed by atoms with Gasteiger partial charge in [-0.25, -0.2) is 0 Å². The molecule has 1 aromatic rings. The number of thiophene rings is 1. The molecule has 0 aromatic carbocycles. The topological polar surface area (TPSA) is 12.0 Å². The van der Waals surface area contributed by atoms with E-state index in [1.165, 1.54) is 21.3 Å². The highest BCUT2D eigenvalue weighted by Crippen LogP contribution is 2.24. The van der Waals surface area contributed by atoms with Gasteiger partial charge in [-0.2, -0.15) is 0 Å². The molecule has 1 aromatic heterocycles. The van der Waals surface area contributed by atoms with Crippen molar-refractivity contribution >= 4 is 33.9 Å². The Morgan fingerprint density at radius 2 is 2.31 bits per heavy atom. The van der Waals surface area contributed by atoms with E-state index in [-0.39, 0.29) is 0 Å². The van der Waals surface area contributed by atoms with Crippen molar-refractivity contribution in [3.05, 3.63) is 19.9 Å². The van der Waals surface area contributed by atoms with Gasteiger partial charge in [0.1, 0.15) is 0 Å². The summed E-state index contributed by atoms with van der Waals surface area (Å²) in [6.45, 7) is 5.56. The van der Waals surface area contributed by atoms with E-state index in [4.69, 9.17) is 0 Å². The summed E-state index contributed by atoms with van der Waals surface area (Å²) in [6.07, 6.45) is 2.38. The third kappa shape index (κ3) is 3.56. The number of hydrogen-bond donors (Lipinski definition) is 1. The number of rotatable bonds is 5. The lowest BCUT2D eigenvalue weighted by Crippen LogP contribution is -2.20. The summed E-state index contributed by atoms with van der Waals surface area (Å²) in [4.78, 5) is 0. The van der Waals surface area contributed by atoms with Gasteiger partial charge in [0.05, 0.1) is 2.88 Å². The highest BCUT2D eigenvalue weighted by atomic mass is 127. The lowest BCUT2D eigenvalue weighted by molar-refractivity contribution is 0.519. The Balaban J connectivity index is 2.56. The molecule has 1 rings (SSSR count). The minimum absolute atomic E-state index is 0.555. The van der Waals surface area contributed by atoms with Crippen molar-refractivity contribution in [3.63, 3.8) is 0 Å². The summed E-state index contributed by atoms with van der Waals surface area (Å²) in [5.74, 6) is 0. The number of halogens is 1. The molecule has 13 heavy (non-hydrogen) atoms. The lowest BCUT2D eigenvalue weighted by atomic mass is 10.1. The van der Waals surface area contributed by atoms with Gasteiger partial charge in [0, 0.05) is 6.04 Å².